The van der Waals surface area contributed by atoms with Gasteiger partial charge in [0.1, 0.15) is 29.8 Å². The number of benzene rings is 2. The van der Waals surface area contributed by atoms with E-state index >= 15 is 0 Å². The van der Waals surface area contributed by atoms with Crippen molar-refractivity contribution in [2.45, 2.75) is 26.7 Å². The average Bonchev–Trinajstić information content (AvgIpc) is 3.18. The second-order valence-corrected chi connectivity index (χ2v) is 8.39. The first-order valence-electron chi connectivity index (χ1n) is 10.4. The highest BCUT2D eigenvalue weighted by atomic mass is 32.2. The molecule has 2 aliphatic rings. The van der Waals surface area contributed by atoms with Gasteiger partial charge in [0, 0.05) is 0 Å². The van der Waals surface area contributed by atoms with E-state index in [1.807, 2.05) is 55.5 Å². The quantitative estimate of drug-likeness (QED) is 0.460. The molecule has 0 aromatic heterocycles. The van der Waals surface area contributed by atoms with Crippen LogP contribution in [0.2, 0.25) is 0 Å². The Morgan fingerprint density at radius 1 is 1.09 bits per heavy atom. The number of hydrogen-bond donors (Lipinski definition) is 1. The van der Waals surface area contributed by atoms with E-state index < -0.39 is 5.91 Å². The van der Waals surface area contributed by atoms with Gasteiger partial charge in [-0.15, -0.1) is 0 Å². The summed E-state index contributed by atoms with van der Waals surface area (Å²) in [4.78, 5) is 16.6. The fourth-order valence-electron chi connectivity index (χ4n) is 3.16. The number of rotatable bonds is 8. The van der Waals surface area contributed by atoms with Gasteiger partial charge in [0.05, 0.1) is 5.57 Å². The molecule has 0 saturated carbocycles. The summed E-state index contributed by atoms with van der Waals surface area (Å²) >= 11 is 1.35. The molecule has 32 heavy (non-hydrogen) atoms. The van der Waals surface area contributed by atoms with E-state index in [0.717, 1.165) is 29.2 Å². The third-order valence-electron chi connectivity index (χ3n) is 4.77. The van der Waals surface area contributed by atoms with E-state index in [0.29, 0.717) is 24.1 Å². The summed E-state index contributed by atoms with van der Waals surface area (Å²) in [6, 6.07) is 15.2. The van der Waals surface area contributed by atoms with Crippen molar-refractivity contribution in [3.63, 3.8) is 0 Å². The second kappa shape index (κ2) is 9.82. The van der Waals surface area contributed by atoms with Gasteiger partial charge in [0.2, 0.25) is 5.17 Å². The zero-order chi connectivity index (χ0) is 22.5. The number of carbonyl (C=O) groups excluding carboxylic acids is 1. The van der Waals surface area contributed by atoms with Crippen LogP contribution in [0.15, 0.2) is 64.2 Å². The molecule has 7 nitrogen and oxygen atoms in total. The van der Waals surface area contributed by atoms with Crippen molar-refractivity contribution in [2.24, 2.45) is 10.1 Å². The number of carbonyl (C=O) groups is 1. The maximum Gasteiger partial charge on any atom is 0.283 e. The predicted octanol–water partition coefficient (Wildman–Crippen LogP) is 4.87. The van der Waals surface area contributed by atoms with Gasteiger partial charge < -0.3 is 9.47 Å². The predicted molar refractivity (Wildman–Crippen MR) is 129 cm³/mol. The van der Waals surface area contributed by atoms with Crippen molar-refractivity contribution in [3.8, 4) is 11.5 Å². The monoisotopic (exact) mass is 448 g/mol. The Balaban J connectivity index is 1.40. The van der Waals surface area contributed by atoms with Gasteiger partial charge in [0.15, 0.2) is 5.84 Å². The van der Waals surface area contributed by atoms with Crippen LogP contribution in [0.25, 0.3) is 6.08 Å². The number of nitrogens with zero attached hydrogens (tertiary/aromatic N) is 3. The third-order valence-corrected chi connectivity index (χ3v) is 5.74. The van der Waals surface area contributed by atoms with Crippen LogP contribution >= 0.6 is 11.8 Å². The zero-order valence-corrected chi connectivity index (χ0v) is 18.8. The molecule has 2 aromatic rings. The number of nitrogens with one attached hydrogen (secondary N) is 1. The Kier molecular flexibility index (Phi) is 6.70. The number of aliphatic imine (C=N–C) groups is 1. The molecule has 0 spiro atoms. The Morgan fingerprint density at radius 3 is 2.59 bits per heavy atom. The van der Waals surface area contributed by atoms with Gasteiger partial charge in [-0.05, 0) is 67.4 Å². The lowest BCUT2D eigenvalue weighted by Crippen LogP contribution is -2.35. The van der Waals surface area contributed by atoms with Gasteiger partial charge in [-0.3, -0.25) is 10.2 Å². The molecule has 0 bridgehead atoms. The standard InChI is InChI=1S/C24H24N4O3S/c1-3-5-21-27-28-22(25)20(23(29)26-24(28)32-21)15-17-6-4-7-19(14-17)31-13-12-30-18-10-8-16(2)9-11-18/h4,6-11,14-15,25H,3,5,12-13H2,1-2H3/b20-15+,25-22?. The summed E-state index contributed by atoms with van der Waals surface area (Å²) in [7, 11) is 0. The lowest BCUT2D eigenvalue weighted by Gasteiger charge is -2.20. The van der Waals surface area contributed by atoms with Crippen LogP contribution in [0.4, 0.5) is 0 Å². The normalized spacial score (nSPS) is 16.7. The lowest BCUT2D eigenvalue weighted by atomic mass is 10.1. The minimum atomic E-state index is -0.431. The fraction of sp³-hybridized carbons (Fsp3) is 0.250. The van der Waals surface area contributed by atoms with E-state index in [-0.39, 0.29) is 11.4 Å². The lowest BCUT2D eigenvalue weighted by molar-refractivity contribution is -0.114. The maximum atomic E-state index is 12.5. The van der Waals surface area contributed by atoms with Gasteiger partial charge in [-0.25, -0.2) is 0 Å². The Hall–Kier alpha value is -3.39. The van der Waals surface area contributed by atoms with Crippen molar-refractivity contribution in [1.29, 1.82) is 5.41 Å². The second-order valence-electron chi connectivity index (χ2n) is 7.35. The summed E-state index contributed by atoms with van der Waals surface area (Å²) in [6.45, 7) is 4.90. The number of amidine groups is 2. The summed E-state index contributed by atoms with van der Waals surface area (Å²) in [5.74, 6) is 1.07. The number of fused-ring (bicyclic) bond motifs is 1. The molecule has 1 amide bonds. The molecule has 2 heterocycles. The highest BCUT2D eigenvalue weighted by Gasteiger charge is 2.35. The zero-order valence-electron chi connectivity index (χ0n) is 18.0. The van der Waals surface area contributed by atoms with Crippen molar-refractivity contribution in [3.05, 3.63) is 65.2 Å². The van der Waals surface area contributed by atoms with Crippen LogP contribution in [0.5, 0.6) is 11.5 Å². The molecule has 0 radical (unpaired) electrons. The topological polar surface area (TPSA) is 87.3 Å². The average molecular weight is 449 g/mol. The molecule has 0 atom stereocenters. The number of ether oxygens (including phenoxy) is 2. The fourth-order valence-corrected chi connectivity index (χ4v) is 4.15. The van der Waals surface area contributed by atoms with Crippen LogP contribution in [-0.4, -0.2) is 40.2 Å². The van der Waals surface area contributed by atoms with Gasteiger partial charge in [0.25, 0.3) is 5.91 Å². The minimum absolute atomic E-state index is 0.0384. The van der Waals surface area contributed by atoms with Crippen LogP contribution in [0, 0.1) is 12.3 Å². The largest absolute Gasteiger partial charge is 0.490 e. The summed E-state index contributed by atoms with van der Waals surface area (Å²) < 4.78 is 11.5. The van der Waals surface area contributed by atoms with Crippen LogP contribution in [0.3, 0.4) is 0 Å². The smallest absolute Gasteiger partial charge is 0.283 e. The summed E-state index contributed by atoms with van der Waals surface area (Å²) in [6.07, 6.45) is 3.39. The Labute approximate surface area is 191 Å². The first-order valence-corrected chi connectivity index (χ1v) is 11.3. The molecule has 2 aromatic carbocycles. The van der Waals surface area contributed by atoms with Crippen LogP contribution < -0.4 is 9.47 Å². The third kappa shape index (κ3) is 5.08. The van der Waals surface area contributed by atoms with Crippen molar-refractivity contribution < 1.29 is 14.3 Å². The first-order chi connectivity index (χ1) is 15.5. The molecular formula is C24H24N4O3S. The van der Waals surface area contributed by atoms with Crippen molar-refractivity contribution >= 4 is 39.8 Å². The van der Waals surface area contributed by atoms with Gasteiger partial charge in [-0.1, -0.05) is 36.8 Å². The highest BCUT2D eigenvalue weighted by molar-refractivity contribution is 8.26. The summed E-state index contributed by atoms with van der Waals surface area (Å²) in [5, 5.41) is 15.6. The van der Waals surface area contributed by atoms with Gasteiger partial charge in [-0.2, -0.15) is 15.1 Å². The molecule has 0 fully saturated rings. The number of aryl methyl sites for hydroxylation is 1. The number of hydrogen-bond acceptors (Lipinski definition) is 6. The number of thioether (sulfide) groups is 1. The van der Waals surface area contributed by atoms with E-state index in [2.05, 4.69) is 17.0 Å². The molecule has 2 aliphatic heterocycles. The van der Waals surface area contributed by atoms with E-state index in [9.17, 15) is 4.79 Å². The summed E-state index contributed by atoms with van der Waals surface area (Å²) in [5.41, 5.74) is 2.14. The van der Waals surface area contributed by atoms with Crippen LogP contribution in [-0.2, 0) is 4.79 Å². The molecule has 1 N–H and O–H groups in total. The molecule has 8 heteroatoms. The maximum absolute atomic E-state index is 12.5. The van der Waals surface area contributed by atoms with Crippen LogP contribution in [0.1, 0.15) is 30.9 Å². The minimum Gasteiger partial charge on any atom is -0.490 e. The SMILES string of the molecule is CCCC1=NN2C(=N)/C(=C\c3cccc(OCCOc4ccc(C)cc4)c3)C(=O)N=C2S1. The molecule has 0 aliphatic carbocycles. The number of hydrazone groups is 1. The Morgan fingerprint density at radius 2 is 1.84 bits per heavy atom. The Bertz CT molecular complexity index is 1120. The van der Waals surface area contributed by atoms with Crippen molar-refractivity contribution in [1.82, 2.24) is 5.01 Å². The molecule has 0 unspecified atom stereocenters. The molecule has 4 rings (SSSR count). The van der Waals surface area contributed by atoms with Gasteiger partial charge >= 0.3 is 0 Å². The molecular weight excluding hydrogens is 424 g/mol. The van der Waals surface area contributed by atoms with Crippen molar-refractivity contribution in [2.75, 3.05) is 13.2 Å². The van der Waals surface area contributed by atoms with E-state index in [1.165, 1.54) is 22.3 Å². The first kappa shape index (κ1) is 21.8. The molecule has 0 saturated heterocycles. The molecule has 164 valence electrons. The van der Waals surface area contributed by atoms with E-state index in [1.54, 1.807) is 6.08 Å². The highest BCUT2D eigenvalue weighted by Crippen LogP contribution is 2.30. The number of amides is 1. The van der Waals surface area contributed by atoms with E-state index in [4.69, 9.17) is 14.9 Å².